The molecular formula is C16H16N2OS. The zero-order valence-corrected chi connectivity index (χ0v) is 12.0. The first-order valence-electron chi connectivity index (χ1n) is 7.07. The van der Waals surface area contributed by atoms with Crippen LogP contribution in [-0.2, 0) is 4.79 Å². The van der Waals surface area contributed by atoms with Crippen molar-refractivity contribution >= 4 is 28.9 Å². The average Bonchev–Trinajstić information content (AvgIpc) is 2.98. The summed E-state index contributed by atoms with van der Waals surface area (Å²) in [6.45, 7) is 2.31. The number of fused-ring (bicyclic) bond motifs is 2. The summed E-state index contributed by atoms with van der Waals surface area (Å²) in [5.74, 6) is 0.0877. The molecule has 1 atom stereocenters. The van der Waals surface area contributed by atoms with Gasteiger partial charge in [0, 0.05) is 34.3 Å². The number of allylic oxidation sites excluding steroid dienone is 2. The molecule has 0 spiro atoms. The number of carbonyl (C=O) groups excluding carboxylic acids is 1. The van der Waals surface area contributed by atoms with E-state index in [4.69, 9.17) is 0 Å². The summed E-state index contributed by atoms with van der Waals surface area (Å²) in [5.41, 5.74) is 2.46. The predicted molar refractivity (Wildman–Crippen MR) is 83.4 cm³/mol. The van der Waals surface area contributed by atoms with E-state index < -0.39 is 0 Å². The first-order chi connectivity index (χ1) is 9.79. The lowest BCUT2D eigenvalue weighted by Crippen LogP contribution is -2.25. The molecule has 102 valence electrons. The molecule has 2 heterocycles. The molecule has 1 aliphatic carbocycles. The van der Waals surface area contributed by atoms with Gasteiger partial charge in [0.2, 0.25) is 0 Å². The largest absolute Gasteiger partial charge is 0.373 e. The number of anilines is 2. The Balaban J connectivity index is 1.67. The summed E-state index contributed by atoms with van der Waals surface area (Å²) in [4.78, 5) is 16.3. The van der Waals surface area contributed by atoms with Crippen molar-refractivity contribution in [2.45, 2.75) is 23.8 Å². The number of nitrogens with one attached hydrogen (secondary N) is 1. The molecule has 4 heteroatoms. The summed E-state index contributed by atoms with van der Waals surface area (Å²) in [7, 11) is 0. The Morgan fingerprint density at radius 2 is 2.10 bits per heavy atom. The Hall–Kier alpha value is -1.68. The van der Waals surface area contributed by atoms with Crippen LogP contribution in [0.1, 0.15) is 12.8 Å². The van der Waals surface area contributed by atoms with Gasteiger partial charge in [-0.15, -0.1) is 0 Å². The van der Waals surface area contributed by atoms with Crippen LogP contribution < -0.4 is 10.2 Å². The lowest BCUT2D eigenvalue weighted by molar-refractivity contribution is -0.110. The maximum absolute atomic E-state index is 11.5. The molecule has 3 aliphatic rings. The number of thioether (sulfide) groups is 1. The van der Waals surface area contributed by atoms with Gasteiger partial charge in [-0.1, -0.05) is 17.8 Å². The Morgan fingerprint density at radius 1 is 1.25 bits per heavy atom. The lowest BCUT2D eigenvalue weighted by atomic mass is 10.1. The highest BCUT2D eigenvalue weighted by Gasteiger charge is 2.25. The number of ketones is 1. The van der Waals surface area contributed by atoms with E-state index in [2.05, 4.69) is 28.4 Å². The van der Waals surface area contributed by atoms with Gasteiger partial charge in [0.15, 0.2) is 5.78 Å². The van der Waals surface area contributed by atoms with Gasteiger partial charge < -0.3 is 10.2 Å². The minimum Gasteiger partial charge on any atom is -0.373 e. The second-order valence-corrected chi connectivity index (χ2v) is 6.52. The smallest absolute Gasteiger partial charge is 0.179 e. The summed E-state index contributed by atoms with van der Waals surface area (Å²) in [5, 5.41) is 3.49. The van der Waals surface area contributed by atoms with Crippen molar-refractivity contribution in [1.82, 2.24) is 0 Å². The van der Waals surface area contributed by atoms with E-state index in [0.29, 0.717) is 0 Å². The van der Waals surface area contributed by atoms with Gasteiger partial charge in [0.25, 0.3) is 0 Å². The van der Waals surface area contributed by atoms with E-state index in [0.717, 1.165) is 18.0 Å². The Bertz CT molecular complexity index is 629. The molecule has 0 amide bonds. The first-order valence-corrected chi connectivity index (χ1v) is 7.88. The normalized spacial score (nSPS) is 24.0. The van der Waals surface area contributed by atoms with Crippen LogP contribution in [-0.4, -0.2) is 24.9 Å². The van der Waals surface area contributed by atoms with Crippen LogP contribution in [0.3, 0.4) is 0 Å². The van der Waals surface area contributed by atoms with Crippen LogP contribution in [0, 0.1) is 0 Å². The van der Waals surface area contributed by atoms with E-state index in [9.17, 15) is 4.79 Å². The number of benzene rings is 1. The molecule has 4 rings (SSSR count). The highest BCUT2D eigenvalue weighted by atomic mass is 32.2. The van der Waals surface area contributed by atoms with Gasteiger partial charge in [-0.05, 0) is 43.2 Å². The van der Waals surface area contributed by atoms with Crippen molar-refractivity contribution in [1.29, 1.82) is 0 Å². The fraction of sp³-hybridized carbons (Fsp3) is 0.312. The van der Waals surface area contributed by atoms with E-state index >= 15 is 0 Å². The minimum absolute atomic E-state index is 0.0877. The predicted octanol–water partition coefficient (Wildman–Crippen LogP) is 3.20. The van der Waals surface area contributed by atoms with Crippen LogP contribution >= 0.6 is 11.8 Å². The number of hydrogen-bond donors (Lipinski definition) is 1. The molecular weight excluding hydrogens is 268 g/mol. The van der Waals surface area contributed by atoms with Crippen molar-refractivity contribution in [3.63, 3.8) is 0 Å². The third kappa shape index (κ3) is 2.04. The fourth-order valence-corrected chi connectivity index (χ4v) is 4.07. The Labute approximate surface area is 122 Å². The topological polar surface area (TPSA) is 32.3 Å². The molecule has 1 N–H and O–H groups in total. The molecule has 1 saturated heterocycles. The molecule has 2 aliphatic heterocycles. The number of carbonyl (C=O) groups is 1. The monoisotopic (exact) mass is 284 g/mol. The zero-order valence-electron chi connectivity index (χ0n) is 11.1. The highest BCUT2D eigenvalue weighted by Crippen LogP contribution is 2.43. The molecule has 20 heavy (non-hydrogen) atoms. The van der Waals surface area contributed by atoms with Gasteiger partial charge in [-0.3, -0.25) is 4.79 Å². The summed E-state index contributed by atoms with van der Waals surface area (Å²) < 4.78 is 0. The molecule has 0 bridgehead atoms. The van der Waals surface area contributed by atoms with Gasteiger partial charge in [-0.2, -0.15) is 0 Å². The molecule has 3 nitrogen and oxygen atoms in total. The maximum atomic E-state index is 11.5. The quantitative estimate of drug-likeness (QED) is 0.858. The molecule has 1 fully saturated rings. The van der Waals surface area contributed by atoms with Crippen molar-refractivity contribution in [2.24, 2.45) is 0 Å². The summed E-state index contributed by atoms with van der Waals surface area (Å²) in [6, 6.07) is 6.77. The molecule has 1 aromatic carbocycles. The lowest BCUT2D eigenvalue weighted by Gasteiger charge is -2.29. The second kappa shape index (κ2) is 4.70. The summed E-state index contributed by atoms with van der Waals surface area (Å²) in [6.07, 6.45) is 7.91. The van der Waals surface area contributed by atoms with Crippen LogP contribution in [0.2, 0.25) is 0 Å². The Kier molecular flexibility index (Phi) is 2.84. The van der Waals surface area contributed by atoms with Gasteiger partial charge in [-0.25, -0.2) is 0 Å². The molecule has 0 saturated carbocycles. The number of rotatable bonds is 1. The third-order valence-corrected chi connectivity index (χ3v) is 5.18. The van der Waals surface area contributed by atoms with E-state index in [-0.39, 0.29) is 11.8 Å². The summed E-state index contributed by atoms with van der Waals surface area (Å²) >= 11 is 1.72. The van der Waals surface area contributed by atoms with Crippen molar-refractivity contribution in [2.75, 3.05) is 23.3 Å². The van der Waals surface area contributed by atoms with Crippen LogP contribution in [0.15, 0.2) is 46.2 Å². The van der Waals surface area contributed by atoms with Crippen molar-refractivity contribution in [3.8, 4) is 0 Å². The van der Waals surface area contributed by atoms with E-state index in [1.54, 1.807) is 23.9 Å². The molecule has 1 aromatic rings. The van der Waals surface area contributed by atoms with E-state index in [1.807, 2.05) is 6.08 Å². The van der Waals surface area contributed by atoms with Gasteiger partial charge >= 0.3 is 0 Å². The van der Waals surface area contributed by atoms with Crippen LogP contribution in [0.4, 0.5) is 11.4 Å². The molecule has 0 radical (unpaired) electrons. The minimum atomic E-state index is 0.0877. The van der Waals surface area contributed by atoms with E-state index in [1.165, 1.54) is 29.1 Å². The maximum Gasteiger partial charge on any atom is 0.179 e. The SMILES string of the molecule is O=C1C=CC2Nc3ccc(N4CCCC4)cc3SC2=C1. The highest BCUT2D eigenvalue weighted by molar-refractivity contribution is 8.03. The molecule has 0 aromatic heterocycles. The van der Waals surface area contributed by atoms with Crippen molar-refractivity contribution in [3.05, 3.63) is 41.3 Å². The standard InChI is InChI=1S/C16H16N2OS/c19-12-4-6-14-16(10-12)20-15-9-11(3-5-13(15)17-14)18-7-1-2-8-18/h3-6,9-10,14,17H,1-2,7-8H2. The number of hydrogen-bond acceptors (Lipinski definition) is 4. The average molecular weight is 284 g/mol. The third-order valence-electron chi connectivity index (χ3n) is 4.02. The number of nitrogens with zero attached hydrogens (tertiary/aromatic N) is 1. The first kappa shape index (κ1) is 12.1. The van der Waals surface area contributed by atoms with Crippen LogP contribution in [0.5, 0.6) is 0 Å². The zero-order chi connectivity index (χ0) is 13.5. The second-order valence-electron chi connectivity index (χ2n) is 5.41. The van der Waals surface area contributed by atoms with Crippen LogP contribution in [0.25, 0.3) is 0 Å². The Morgan fingerprint density at radius 3 is 2.95 bits per heavy atom. The van der Waals surface area contributed by atoms with Gasteiger partial charge in [0.05, 0.1) is 6.04 Å². The van der Waals surface area contributed by atoms with Crippen molar-refractivity contribution < 1.29 is 4.79 Å². The van der Waals surface area contributed by atoms with Gasteiger partial charge in [0.1, 0.15) is 0 Å². The molecule has 1 unspecified atom stereocenters. The fourth-order valence-electron chi connectivity index (χ4n) is 2.96.